The second kappa shape index (κ2) is 8.25. The third-order valence-corrected chi connectivity index (χ3v) is 3.54. The van der Waals surface area contributed by atoms with Crippen LogP contribution < -0.4 is 5.32 Å². The number of benzene rings is 1. The highest BCUT2D eigenvalue weighted by Gasteiger charge is 2.15. The Morgan fingerprint density at radius 2 is 1.96 bits per heavy atom. The maximum atomic E-state index is 13.5. The Morgan fingerprint density at radius 1 is 1.28 bits per heavy atom. The van der Waals surface area contributed by atoms with E-state index in [0.717, 1.165) is 35.1 Å². The molecule has 0 amide bonds. The van der Waals surface area contributed by atoms with Gasteiger partial charge in [-0.2, -0.15) is 0 Å². The molecule has 25 heavy (non-hydrogen) atoms. The minimum Gasteiger partial charge on any atom is -0.478 e. The first-order valence-corrected chi connectivity index (χ1v) is 7.62. The maximum absolute atomic E-state index is 13.5. The Bertz CT molecular complexity index is 821. The van der Waals surface area contributed by atoms with Crippen molar-refractivity contribution in [2.45, 2.75) is 19.4 Å². The van der Waals surface area contributed by atoms with E-state index in [1.807, 2.05) is 0 Å². The lowest BCUT2D eigenvalue weighted by Crippen LogP contribution is -2.29. The molecule has 3 N–H and O–H groups in total. The van der Waals surface area contributed by atoms with Crippen molar-refractivity contribution in [3.05, 3.63) is 54.1 Å². The van der Waals surface area contributed by atoms with Crippen LogP contribution in [0.3, 0.4) is 0 Å². The Balaban J connectivity index is 0.000000242. The van der Waals surface area contributed by atoms with Crippen LogP contribution in [-0.2, 0) is 9.59 Å². The molecule has 0 saturated carbocycles. The highest BCUT2D eigenvalue weighted by molar-refractivity contribution is 5.90. The number of nitrogens with one attached hydrogen (secondary N) is 1. The number of rotatable bonds is 3. The molecule has 132 valence electrons. The second-order valence-electron chi connectivity index (χ2n) is 5.49. The number of carbonyl (C=O) groups is 2. The van der Waals surface area contributed by atoms with Crippen LogP contribution in [0, 0.1) is 5.82 Å². The van der Waals surface area contributed by atoms with Crippen molar-refractivity contribution in [1.82, 2.24) is 5.32 Å². The summed E-state index contributed by atoms with van der Waals surface area (Å²) in [5.74, 6) is -2.72. The van der Waals surface area contributed by atoms with E-state index < -0.39 is 11.9 Å². The molecule has 2 aromatic rings. The van der Waals surface area contributed by atoms with Crippen LogP contribution in [0.1, 0.15) is 18.9 Å². The molecule has 1 unspecified atom stereocenters. The summed E-state index contributed by atoms with van der Waals surface area (Å²) in [5, 5.41) is 19.8. The van der Waals surface area contributed by atoms with Crippen LogP contribution in [0.25, 0.3) is 16.5 Å². The van der Waals surface area contributed by atoms with Gasteiger partial charge in [0.1, 0.15) is 11.4 Å². The van der Waals surface area contributed by atoms with E-state index in [4.69, 9.17) is 14.6 Å². The summed E-state index contributed by atoms with van der Waals surface area (Å²) in [6.45, 7) is 3.02. The number of carboxylic acid groups (broad SMARTS) is 2. The normalized spacial score (nSPS) is 17.0. The summed E-state index contributed by atoms with van der Waals surface area (Å²) in [7, 11) is 0. The van der Waals surface area contributed by atoms with E-state index in [9.17, 15) is 14.0 Å². The van der Waals surface area contributed by atoms with Crippen molar-refractivity contribution in [3.8, 4) is 0 Å². The van der Waals surface area contributed by atoms with E-state index >= 15 is 0 Å². The summed E-state index contributed by atoms with van der Waals surface area (Å²) >= 11 is 0. The summed E-state index contributed by atoms with van der Waals surface area (Å²) in [5.41, 5.74) is 2.83. The van der Waals surface area contributed by atoms with Crippen LogP contribution in [0.5, 0.6) is 0 Å². The van der Waals surface area contributed by atoms with Crippen molar-refractivity contribution in [1.29, 1.82) is 0 Å². The van der Waals surface area contributed by atoms with Crippen LogP contribution in [-0.4, -0.2) is 34.7 Å². The monoisotopic (exact) mass is 347 g/mol. The number of furan rings is 1. The van der Waals surface area contributed by atoms with Crippen LogP contribution in [0.15, 0.2) is 47.1 Å². The Labute approximate surface area is 143 Å². The van der Waals surface area contributed by atoms with Crippen LogP contribution >= 0.6 is 0 Å². The molecular formula is C18H18FNO5. The van der Waals surface area contributed by atoms with Crippen molar-refractivity contribution in [3.63, 3.8) is 0 Å². The fourth-order valence-electron chi connectivity index (χ4n) is 2.53. The van der Waals surface area contributed by atoms with Gasteiger partial charge in [0.25, 0.3) is 0 Å². The summed E-state index contributed by atoms with van der Waals surface area (Å²) in [6, 6.07) is 5.20. The SMILES string of the molecule is CC1C=C(c2cc(F)cc3ccoc23)CCN1.O=C(O)C=CC(=O)O. The lowest BCUT2D eigenvalue weighted by atomic mass is 9.96. The fraction of sp³-hybridized carbons (Fsp3) is 0.222. The molecule has 1 aliphatic heterocycles. The Hall–Kier alpha value is -2.93. The average Bonchev–Trinajstić information content (AvgIpc) is 3.01. The molecule has 3 rings (SSSR count). The minimum absolute atomic E-state index is 0.207. The zero-order valence-corrected chi connectivity index (χ0v) is 13.5. The molecule has 6 nitrogen and oxygen atoms in total. The predicted molar refractivity (Wildman–Crippen MR) is 90.6 cm³/mol. The molecule has 1 aliphatic rings. The van der Waals surface area contributed by atoms with Gasteiger partial charge in [-0.3, -0.25) is 0 Å². The molecule has 0 radical (unpaired) electrons. The Morgan fingerprint density at radius 3 is 2.56 bits per heavy atom. The first kappa shape index (κ1) is 18.4. The number of hydrogen-bond donors (Lipinski definition) is 3. The number of carboxylic acids is 2. The lowest BCUT2D eigenvalue weighted by molar-refractivity contribution is -0.134. The van der Waals surface area contributed by atoms with E-state index in [2.05, 4.69) is 18.3 Å². The van der Waals surface area contributed by atoms with E-state index in [1.54, 1.807) is 18.4 Å². The van der Waals surface area contributed by atoms with Gasteiger partial charge in [0.05, 0.1) is 6.26 Å². The topological polar surface area (TPSA) is 99.8 Å². The van der Waals surface area contributed by atoms with Gasteiger partial charge in [-0.05, 0) is 43.7 Å². The molecule has 0 spiro atoms. The predicted octanol–water partition coefficient (Wildman–Crippen LogP) is 3.05. The molecule has 0 aliphatic carbocycles. The quantitative estimate of drug-likeness (QED) is 0.738. The summed E-state index contributed by atoms with van der Waals surface area (Å²) < 4.78 is 19.0. The first-order chi connectivity index (χ1) is 11.9. The van der Waals surface area contributed by atoms with Gasteiger partial charge in [-0.1, -0.05) is 6.08 Å². The van der Waals surface area contributed by atoms with E-state index in [1.165, 1.54) is 6.07 Å². The summed E-state index contributed by atoms with van der Waals surface area (Å²) in [4.78, 5) is 19.1. The molecule has 7 heteroatoms. The largest absolute Gasteiger partial charge is 0.478 e. The third kappa shape index (κ3) is 5.29. The van der Waals surface area contributed by atoms with Crippen molar-refractivity contribution >= 4 is 28.5 Å². The fourth-order valence-corrected chi connectivity index (χ4v) is 2.53. The smallest absolute Gasteiger partial charge is 0.328 e. The van der Waals surface area contributed by atoms with Crippen molar-refractivity contribution in [2.75, 3.05) is 6.54 Å². The standard InChI is InChI=1S/C14H14FNO.C4H4O4/c1-9-6-10(2-4-16-9)13-8-12(15)7-11-3-5-17-14(11)13;5-3(6)1-2-4(7)8/h3,5-9,16H,2,4H2,1H3;1-2H,(H,5,6)(H,7,8). The van der Waals surface area contributed by atoms with Gasteiger partial charge in [-0.25, -0.2) is 14.0 Å². The molecule has 1 aromatic carbocycles. The highest BCUT2D eigenvalue weighted by atomic mass is 19.1. The minimum atomic E-state index is -1.26. The second-order valence-corrected chi connectivity index (χ2v) is 5.49. The van der Waals surface area contributed by atoms with Gasteiger partial charge in [0, 0.05) is 29.1 Å². The number of hydrogen-bond acceptors (Lipinski definition) is 4. The average molecular weight is 347 g/mol. The first-order valence-electron chi connectivity index (χ1n) is 7.62. The number of fused-ring (bicyclic) bond motifs is 1. The zero-order valence-electron chi connectivity index (χ0n) is 13.5. The van der Waals surface area contributed by atoms with Gasteiger partial charge in [0.2, 0.25) is 0 Å². The molecule has 0 fully saturated rings. The van der Waals surface area contributed by atoms with Gasteiger partial charge < -0.3 is 19.9 Å². The van der Waals surface area contributed by atoms with Crippen molar-refractivity contribution < 1.29 is 28.6 Å². The molecule has 0 saturated heterocycles. The number of halogens is 1. The molecular weight excluding hydrogens is 329 g/mol. The van der Waals surface area contributed by atoms with Crippen LogP contribution in [0.4, 0.5) is 4.39 Å². The van der Waals surface area contributed by atoms with Crippen molar-refractivity contribution in [2.24, 2.45) is 0 Å². The lowest BCUT2D eigenvalue weighted by Gasteiger charge is -2.19. The molecule has 2 heterocycles. The maximum Gasteiger partial charge on any atom is 0.328 e. The van der Waals surface area contributed by atoms with E-state index in [-0.39, 0.29) is 5.82 Å². The van der Waals surface area contributed by atoms with Gasteiger partial charge >= 0.3 is 11.9 Å². The molecule has 1 atom stereocenters. The van der Waals surface area contributed by atoms with Gasteiger partial charge in [0.15, 0.2) is 0 Å². The highest BCUT2D eigenvalue weighted by Crippen LogP contribution is 2.30. The zero-order chi connectivity index (χ0) is 18.4. The Kier molecular flexibility index (Phi) is 6.08. The molecule has 0 bridgehead atoms. The van der Waals surface area contributed by atoms with E-state index in [0.29, 0.717) is 18.2 Å². The molecule has 1 aromatic heterocycles. The van der Waals surface area contributed by atoms with Crippen LogP contribution in [0.2, 0.25) is 0 Å². The third-order valence-electron chi connectivity index (χ3n) is 3.54. The van der Waals surface area contributed by atoms with Gasteiger partial charge in [-0.15, -0.1) is 0 Å². The number of aliphatic carboxylic acids is 2. The summed E-state index contributed by atoms with van der Waals surface area (Å²) in [6.07, 6.45) is 5.77.